The van der Waals surface area contributed by atoms with Crippen LogP contribution in [0, 0.1) is 5.82 Å². The number of anilines is 1. The number of piperazine rings is 1. The van der Waals surface area contributed by atoms with E-state index in [0.717, 1.165) is 18.2 Å². The Labute approximate surface area is 133 Å². The summed E-state index contributed by atoms with van der Waals surface area (Å²) in [7, 11) is 0. The second kappa shape index (κ2) is 6.87. The van der Waals surface area contributed by atoms with Crippen molar-refractivity contribution in [1.82, 2.24) is 9.88 Å². The smallest absolute Gasteiger partial charge is 0.223 e. The van der Waals surface area contributed by atoms with E-state index in [1.54, 1.807) is 35.7 Å². The average Bonchev–Trinajstić information content (AvgIpc) is 3.08. The van der Waals surface area contributed by atoms with Gasteiger partial charge in [0.1, 0.15) is 5.82 Å². The molecular weight excluding hydrogens is 301 g/mol. The minimum Gasteiger partial charge on any atom is -0.345 e. The Hall–Kier alpha value is -1.95. The zero-order chi connectivity index (χ0) is 15.4. The molecule has 1 aliphatic heterocycles. The fraction of sp³-hybridized carbons (Fsp3) is 0.375. The lowest BCUT2D eigenvalue weighted by Crippen LogP contribution is -2.48. The van der Waals surface area contributed by atoms with Crippen molar-refractivity contribution in [2.75, 3.05) is 31.1 Å². The molecule has 1 aromatic carbocycles. The highest BCUT2D eigenvalue weighted by atomic mass is 32.1. The summed E-state index contributed by atoms with van der Waals surface area (Å²) in [4.78, 5) is 20.6. The van der Waals surface area contributed by atoms with Crippen LogP contribution >= 0.6 is 11.3 Å². The van der Waals surface area contributed by atoms with Crippen LogP contribution in [0.1, 0.15) is 12.0 Å². The molecule has 2 heterocycles. The molecule has 0 bridgehead atoms. The molecule has 0 spiro atoms. The van der Waals surface area contributed by atoms with Crippen LogP contribution in [0.2, 0.25) is 0 Å². The summed E-state index contributed by atoms with van der Waals surface area (Å²) >= 11 is 1.62. The average molecular weight is 319 g/mol. The van der Waals surface area contributed by atoms with Crippen LogP contribution in [0.3, 0.4) is 0 Å². The van der Waals surface area contributed by atoms with Gasteiger partial charge in [-0.2, -0.15) is 0 Å². The molecule has 1 fully saturated rings. The molecule has 0 N–H and O–H groups in total. The first kappa shape index (κ1) is 15.0. The monoisotopic (exact) mass is 319 g/mol. The number of hydrogen-bond donors (Lipinski definition) is 0. The quantitative estimate of drug-likeness (QED) is 0.869. The van der Waals surface area contributed by atoms with Crippen molar-refractivity contribution < 1.29 is 9.18 Å². The number of nitrogens with zero attached hydrogens (tertiary/aromatic N) is 3. The summed E-state index contributed by atoms with van der Waals surface area (Å²) in [6.07, 6.45) is 2.61. The van der Waals surface area contributed by atoms with Crippen molar-refractivity contribution >= 4 is 22.4 Å². The first-order valence-electron chi connectivity index (χ1n) is 7.39. The second-order valence-corrected chi connectivity index (χ2v) is 6.15. The zero-order valence-corrected chi connectivity index (χ0v) is 13.1. The van der Waals surface area contributed by atoms with E-state index in [4.69, 9.17) is 0 Å². The number of benzene rings is 1. The molecule has 0 atom stereocenters. The Balaban J connectivity index is 1.49. The number of hydrogen-bond acceptors (Lipinski definition) is 4. The van der Waals surface area contributed by atoms with Crippen molar-refractivity contribution in [3.05, 3.63) is 47.2 Å². The van der Waals surface area contributed by atoms with Gasteiger partial charge in [0, 0.05) is 44.2 Å². The van der Waals surface area contributed by atoms with Gasteiger partial charge in [0.05, 0.1) is 0 Å². The van der Waals surface area contributed by atoms with Gasteiger partial charge in [-0.25, -0.2) is 9.37 Å². The van der Waals surface area contributed by atoms with E-state index in [1.165, 1.54) is 6.07 Å². The van der Waals surface area contributed by atoms with Gasteiger partial charge in [-0.15, -0.1) is 11.3 Å². The molecule has 6 heteroatoms. The van der Waals surface area contributed by atoms with Gasteiger partial charge in [-0.3, -0.25) is 4.79 Å². The van der Waals surface area contributed by atoms with Gasteiger partial charge in [-0.1, -0.05) is 18.2 Å². The van der Waals surface area contributed by atoms with E-state index >= 15 is 0 Å². The van der Waals surface area contributed by atoms with Gasteiger partial charge in [0.2, 0.25) is 5.91 Å². The van der Waals surface area contributed by atoms with Crippen molar-refractivity contribution in [3.8, 4) is 0 Å². The molecular formula is C16H18FN3OS. The summed E-state index contributed by atoms with van der Waals surface area (Å²) in [5.41, 5.74) is 0.609. The highest BCUT2D eigenvalue weighted by Crippen LogP contribution is 2.19. The molecule has 0 radical (unpaired) electrons. The number of carbonyl (C=O) groups excluding carboxylic acids is 1. The standard InChI is InChI=1S/C16H18FN3OS/c17-14-4-2-1-3-13(14)5-6-15(21)19-8-10-20(11-9-19)16-18-7-12-22-16/h1-4,7,12H,5-6,8-11H2. The summed E-state index contributed by atoms with van der Waals surface area (Å²) in [5.74, 6) is -0.133. The number of halogens is 1. The molecule has 0 saturated carbocycles. The Bertz CT molecular complexity index is 624. The fourth-order valence-electron chi connectivity index (χ4n) is 2.62. The zero-order valence-electron chi connectivity index (χ0n) is 12.2. The molecule has 1 saturated heterocycles. The van der Waals surface area contributed by atoms with Gasteiger partial charge in [0.15, 0.2) is 5.13 Å². The number of carbonyl (C=O) groups is 1. The number of aromatic nitrogens is 1. The Kier molecular flexibility index (Phi) is 4.68. The van der Waals surface area contributed by atoms with E-state index in [1.807, 2.05) is 10.3 Å². The highest BCUT2D eigenvalue weighted by molar-refractivity contribution is 7.13. The van der Waals surface area contributed by atoms with E-state index in [-0.39, 0.29) is 11.7 Å². The third kappa shape index (κ3) is 3.44. The Morgan fingerprint density at radius 1 is 1.23 bits per heavy atom. The van der Waals surface area contributed by atoms with Crippen LogP contribution < -0.4 is 4.90 Å². The maximum absolute atomic E-state index is 13.6. The first-order chi connectivity index (χ1) is 10.7. The third-order valence-corrected chi connectivity index (χ3v) is 4.72. The second-order valence-electron chi connectivity index (χ2n) is 5.27. The molecule has 0 aliphatic carbocycles. The van der Waals surface area contributed by atoms with Crippen molar-refractivity contribution in [3.63, 3.8) is 0 Å². The summed E-state index contributed by atoms with van der Waals surface area (Å²) in [5, 5.41) is 2.97. The molecule has 4 nitrogen and oxygen atoms in total. The van der Waals surface area contributed by atoms with Crippen LogP contribution in [0.4, 0.5) is 9.52 Å². The van der Waals surface area contributed by atoms with E-state index in [2.05, 4.69) is 9.88 Å². The highest BCUT2D eigenvalue weighted by Gasteiger charge is 2.22. The number of thiazole rings is 1. The lowest BCUT2D eigenvalue weighted by atomic mass is 10.1. The minimum absolute atomic E-state index is 0.0991. The lowest BCUT2D eigenvalue weighted by molar-refractivity contribution is -0.131. The summed E-state index contributed by atoms with van der Waals surface area (Å²) < 4.78 is 13.6. The number of aryl methyl sites for hydroxylation is 1. The van der Waals surface area contributed by atoms with E-state index in [9.17, 15) is 9.18 Å². The van der Waals surface area contributed by atoms with Crippen LogP contribution in [-0.4, -0.2) is 42.0 Å². The summed E-state index contributed by atoms with van der Waals surface area (Å²) in [6.45, 7) is 3.02. The first-order valence-corrected chi connectivity index (χ1v) is 8.27. The molecule has 22 heavy (non-hydrogen) atoms. The van der Waals surface area contributed by atoms with E-state index < -0.39 is 0 Å². The topological polar surface area (TPSA) is 36.4 Å². The van der Waals surface area contributed by atoms with Gasteiger partial charge < -0.3 is 9.80 Å². The van der Waals surface area contributed by atoms with Gasteiger partial charge in [-0.05, 0) is 18.1 Å². The van der Waals surface area contributed by atoms with Crippen LogP contribution in [-0.2, 0) is 11.2 Å². The molecule has 3 rings (SSSR count). The normalized spacial score (nSPS) is 15.1. The van der Waals surface area contributed by atoms with Crippen LogP contribution in [0.15, 0.2) is 35.8 Å². The largest absolute Gasteiger partial charge is 0.345 e. The maximum Gasteiger partial charge on any atom is 0.223 e. The number of rotatable bonds is 4. The third-order valence-electron chi connectivity index (χ3n) is 3.89. The molecule has 1 aliphatic rings. The lowest BCUT2D eigenvalue weighted by Gasteiger charge is -2.34. The van der Waals surface area contributed by atoms with E-state index in [0.29, 0.717) is 31.5 Å². The molecule has 1 aromatic heterocycles. The minimum atomic E-state index is -0.233. The predicted molar refractivity (Wildman–Crippen MR) is 85.6 cm³/mol. The fourth-order valence-corrected chi connectivity index (χ4v) is 3.32. The molecule has 2 aromatic rings. The maximum atomic E-state index is 13.6. The van der Waals surface area contributed by atoms with Gasteiger partial charge in [0.25, 0.3) is 0 Å². The van der Waals surface area contributed by atoms with Crippen molar-refractivity contribution in [2.45, 2.75) is 12.8 Å². The number of amides is 1. The SMILES string of the molecule is O=C(CCc1ccccc1F)N1CCN(c2nccs2)CC1. The molecule has 0 unspecified atom stereocenters. The van der Waals surface area contributed by atoms with Crippen LogP contribution in [0.5, 0.6) is 0 Å². The molecule has 1 amide bonds. The Morgan fingerprint density at radius 3 is 2.68 bits per heavy atom. The summed E-state index contributed by atoms with van der Waals surface area (Å²) in [6, 6.07) is 6.64. The molecule has 116 valence electrons. The van der Waals surface area contributed by atoms with Crippen molar-refractivity contribution in [1.29, 1.82) is 0 Å². The Morgan fingerprint density at radius 2 is 2.00 bits per heavy atom. The van der Waals surface area contributed by atoms with Crippen LogP contribution in [0.25, 0.3) is 0 Å². The van der Waals surface area contributed by atoms with Crippen molar-refractivity contribution in [2.24, 2.45) is 0 Å². The van der Waals surface area contributed by atoms with Gasteiger partial charge >= 0.3 is 0 Å². The predicted octanol–water partition coefficient (Wildman–Crippen LogP) is 2.56.